The first kappa shape index (κ1) is 16.4. The molecular weight excluding hydrogens is 316 g/mol. The Morgan fingerprint density at radius 1 is 1.57 bits per heavy atom. The quantitative estimate of drug-likeness (QED) is 0.844. The molecule has 2 heterocycles. The molecule has 0 bridgehead atoms. The molecule has 0 unspecified atom stereocenters. The van der Waals surface area contributed by atoms with Gasteiger partial charge in [0.15, 0.2) is 0 Å². The molecule has 1 saturated carbocycles. The number of aromatic nitrogens is 2. The first-order valence-electron chi connectivity index (χ1n) is 8.02. The maximum atomic E-state index is 12.4. The molecule has 8 heteroatoms. The lowest BCUT2D eigenvalue weighted by molar-refractivity contribution is -0.00449. The molecule has 2 atom stereocenters. The van der Waals surface area contributed by atoms with Crippen molar-refractivity contribution in [1.82, 2.24) is 14.5 Å². The SMILES string of the molecule is CCn1cc([C@H]2OCCC[C@@H]2NS(=O)(=O)CC2(C#N)CC2)cn1. The van der Waals surface area contributed by atoms with E-state index in [9.17, 15) is 8.42 Å². The third-order valence-electron chi connectivity index (χ3n) is 4.52. The first-order chi connectivity index (χ1) is 11.0. The van der Waals surface area contributed by atoms with Gasteiger partial charge in [0.25, 0.3) is 0 Å². The Morgan fingerprint density at radius 3 is 2.96 bits per heavy atom. The molecule has 7 nitrogen and oxygen atoms in total. The fourth-order valence-electron chi connectivity index (χ4n) is 3.01. The second-order valence-corrected chi connectivity index (χ2v) is 8.19. The number of nitrogens with one attached hydrogen (secondary N) is 1. The summed E-state index contributed by atoms with van der Waals surface area (Å²) in [5, 5.41) is 13.3. The number of ether oxygens (including phenoxy) is 1. The molecule has 0 spiro atoms. The molecule has 1 aliphatic carbocycles. The van der Waals surface area contributed by atoms with Gasteiger partial charge < -0.3 is 4.74 Å². The van der Waals surface area contributed by atoms with Crippen LogP contribution in [0.15, 0.2) is 12.4 Å². The van der Waals surface area contributed by atoms with Crippen LogP contribution in [0.25, 0.3) is 0 Å². The van der Waals surface area contributed by atoms with E-state index in [1.54, 1.807) is 10.9 Å². The highest BCUT2D eigenvalue weighted by molar-refractivity contribution is 7.89. The van der Waals surface area contributed by atoms with Crippen LogP contribution in [0.3, 0.4) is 0 Å². The number of nitrogens with zero attached hydrogens (tertiary/aromatic N) is 3. The summed E-state index contributed by atoms with van der Waals surface area (Å²) in [7, 11) is -3.51. The summed E-state index contributed by atoms with van der Waals surface area (Å²) >= 11 is 0. The number of hydrogen-bond donors (Lipinski definition) is 1. The summed E-state index contributed by atoms with van der Waals surface area (Å²) in [6.07, 6.45) is 6.18. The van der Waals surface area contributed by atoms with Crippen molar-refractivity contribution in [3.05, 3.63) is 18.0 Å². The van der Waals surface area contributed by atoms with Gasteiger partial charge in [0, 0.05) is 24.9 Å². The standard InChI is InChI=1S/C15H22N4O3S/c1-2-19-9-12(8-17-19)14-13(4-3-7-22-14)18-23(20,21)11-15(10-16)5-6-15/h8-9,13-14,18H,2-7,11H2,1H3/t13-,14+/m0/s1. The molecule has 2 fully saturated rings. The molecule has 2 aliphatic rings. The molecule has 0 radical (unpaired) electrons. The van der Waals surface area contributed by atoms with Crippen LogP contribution in [0.1, 0.15) is 44.3 Å². The van der Waals surface area contributed by atoms with Crippen LogP contribution in [-0.2, 0) is 21.3 Å². The first-order valence-corrected chi connectivity index (χ1v) is 9.67. The van der Waals surface area contributed by atoms with Gasteiger partial charge in [0.2, 0.25) is 10.0 Å². The van der Waals surface area contributed by atoms with Crippen molar-refractivity contribution in [3.63, 3.8) is 0 Å². The molecule has 1 aromatic rings. The molecular formula is C15H22N4O3S. The fraction of sp³-hybridized carbons (Fsp3) is 0.733. The Morgan fingerprint density at radius 2 is 2.35 bits per heavy atom. The highest BCUT2D eigenvalue weighted by atomic mass is 32.2. The minimum atomic E-state index is -3.51. The Labute approximate surface area is 136 Å². The second kappa shape index (κ2) is 6.23. The van der Waals surface area contributed by atoms with Crippen LogP contribution in [-0.4, -0.2) is 36.6 Å². The Balaban J connectivity index is 1.72. The van der Waals surface area contributed by atoms with Crippen molar-refractivity contribution in [2.75, 3.05) is 12.4 Å². The maximum absolute atomic E-state index is 12.4. The lowest BCUT2D eigenvalue weighted by atomic mass is 9.99. The molecule has 1 saturated heterocycles. The zero-order valence-electron chi connectivity index (χ0n) is 13.2. The summed E-state index contributed by atoms with van der Waals surface area (Å²) in [6, 6.07) is 1.83. The highest BCUT2D eigenvalue weighted by Gasteiger charge is 2.47. The van der Waals surface area contributed by atoms with Crippen LogP contribution in [0.5, 0.6) is 0 Å². The van der Waals surface area contributed by atoms with Crippen LogP contribution < -0.4 is 4.72 Å². The summed E-state index contributed by atoms with van der Waals surface area (Å²) in [5.41, 5.74) is 0.213. The average Bonchev–Trinajstić information content (AvgIpc) is 3.12. The van der Waals surface area contributed by atoms with Crippen molar-refractivity contribution in [1.29, 1.82) is 5.26 Å². The number of sulfonamides is 1. The Kier molecular flexibility index (Phi) is 4.45. The fourth-order valence-corrected chi connectivity index (χ4v) is 4.87. The highest BCUT2D eigenvalue weighted by Crippen LogP contribution is 2.46. The van der Waals surface area contributed by atoms with Crippen LogP contribution in [0, 0.1) is 16.7 Å². The van der Waals surface area contributed by atoms with Gasteiger partial charge in [0.05, 0.1) is 29.5 Å². The van der Waals surface area contributed by atoms with Crippen molar-refractivity contribution in [3.8, 4) is 6.07 Å². The van der Waals surface area contributed by atoms with E-state index in [2.05, 4.69) is 15.9 Å². The van der Waals surface area contributed by atoms with Gasteiger partial charge in [0.1, 0.15) is 6.10 Å². The molecule has 3 rings (SSSR count). The normalized spacial score (nSPS) is 26.6. The summed E-state index contributed by atoms with van der Waals surface area (Å²) in [5.74, 6) is -0.117. The third kappa shape index (κ3) is 3.74. The van der Waals surface area contributed by atoms with Gasteiger partial charge in [-0.1, -0.05) is 0 Å². The topological polar surface area (TPSA) is 97.0 Å². The lowest BCUT2D eigenvalue weighted by Gasteiger charge is -2.31. The van der Waals surface area contributed by atoms with E-state index < -0.39 is 15.4 Å². The molecule has 23 heavy (non-hydrogen) atoms. The molecule has 0 amide bonds. The zero-order chi connectivity index (χ0) is 16.5. The predicted octanol–water partition coefficient (Wildman–Crippen LogP) is 1.35. The van der Waals surface area contributed by atoms with Gasteiger partial charge >= 0.3 is 0 Å². The van der Waals surface area contributed by atoms with E-state index in [1.807, 2.05) is 13.1 Å². The monoisotopic (exact) mass is 338 g/mol. The average molecular weight is 338 g/mol. The van der Waals surface area contributed by atoms with E-state index in [0.717, 1.165) is 24.9 Å². The molecule has 0 aromatic carbocycles. The molecule has 1 aliphatic heterocycles. The maximum Gasteiger partial charge on any atom is 0.213 e. The summed E-state index contributed by atoms with van der Waals surface area (Å²) in [4.78, 5) is 0. The second-order valence-electron chi connectivity index (χ2n) is 6.44. The molecule has 1 aromatic heterocycles. The van der Waals surface area contributed by atoms with Crippen LogP contribution in [0.4, 0.5) is 0 Å². The zero-order valence-corrected chi connectivity index (χ0v) is 14.1. The molecule has 1 N–H and O–H groups in total. The van der Waals surface area contributed by atoms with Crippen molar-refractivity contribution in [2.45, 2.75) is 51.3 Å². The van der Waals surface area contributed by atoms with Crippen molar-refractivity contribution < 1.29 is 13.2 Å². The van der Waals surface area contributed by atoms with Gasteiger partial charge in [-0.05, 0) is 32.6 Å². The van der Waals surface area contributed by atoms with Gasteiger partial charge in [-0.15, -0.1) is 0 Å². The third-order valence-corrected chi connectivity index (χ3v) is 6.11. The molecule has 126 valence electrons. The van der Waals surface area contributed by atoms with Crippen LogP contribution >= 0.6 is 0 Å². The van der Waals surface area contributed by atoms with E-state index in [4.69, 9.17) is 10.00 Å². The number of aryl methyl sites for hydroxylation is 1. The van der Waals surface area contributed by atoms with Crippen molar-refractivity contribution in [2.24, 2.45) is 5.41 Å². The minimum Gasteiger partial charge on any atom is -0.372 e. The number of rotatable bonds is 6. The van der Waals surface area contributed by atoms with Gasteiger partial charge in [-0.3, -0.25) is 4.68 Å². The number of hydrogen-bond acceptors (Lipinski definition) is 5. The van der Waals surface area contributed by atoms with E-state index in [0.29, 0.717) is 19.4 Å². The van der Waals surface area contributed by atoms with E-state index in [-0.39, 0.29) is 17.9 Å². The predicted molar refractivity (Wildman–Crippen MR) is 83.8 cm³/mol. The van der Waals surface area contributed by atoms with Crippen molar-refractivity contribution >= 4 is 10.0 Å². The van der Waals surface area contributed by atoms with Gasteiger partial charge in [-0.25, -0.2) is 13.1 Å². The summed E-state index contributed by atoms with van der Waals surface area (Å²) in [6.45, 7) is 3.37. The van der Waals surface area contributed by atoms with E-state index in [1.165, 1.54) is 0 Å². The minimum absolute atomic E-state index is 0.117. The smallest absolute Gasteiger partial charge is 0.213 e. The van der Waals surface area contributed by atoms with Gasteiger partial charge in [-0.2, -0.15) is 10.4 Å². The van der Waals surface area contributed by atoms with Crippen LogP contribution in [0.2, 0.25) is 0 Å². The number of nitriles is 1. The van der Waals surface area contributed by atoms with E-state index >= 15 is 0 Å². The largest absolute Gasteiger partial charge is 0.372 e. The summed E-state index contributed by atoms with van der Waals surface area (Å²) < 4.78 is 35.2. The lowest BCUT2D eigenvalue weighted by Crippen LogP contribution is -2.44. The Hall–Kier alpha value is -1.43. The Bertz CT molecular complexity index is 703.